The van der Waals surface area contributed by atoms with Crippen molar-refractivity contribution in [3.8, 4) is 0 Å². The molecular weight excluding hydrogens is 356 g/mol. The van der Waals surface area contributed by atoms with Gasteiger partial charge in [0.15, 0.2) is 0 Å². The molecule has 0 aromatic carbocycles. The molecule has 0 rings (SSSR count). The summed E-state index contributed by atoms with van der Waals surface area (Å²) >= 11 is 0. The van der Waals surface area contributed by atoms with E-state index in [0.29, 0.717) is 32.2 Å². The quantitative estimate of drug-likeness (QED) is 0.244. The van der Waals surface area contributed by atoms with Crippen LogP contribution in [0.3, 0.4) is 0 Å². The van der Waals surface area contributed by atoms with Gasteiger partial charge >= 0.3 is 5.97 Å². The number of primary amides is 1. The average molecular weight is 399 g/mol. The van der Waals surface area contributed by atoms with Crippen LogP contribution < -0.4 is 11.1 Å². The number of carbonyl (C=O) groups is 3. The van der Waals surface area contributed by atoms with E-state index in [4.69, 9.17) is 10.8 Å². The SMILES string of the molecule is NC(=O)CCCNC(=O)CCCCCCCCCCCCCCCCC(=O)O. The van der Waals surface area contributed by atoms with Crippen LogP contribution in [-0.4, -0.2) is 29.4 Å². The van der Waals surface area contributed by atoms with E-state index in [0.717, 1.165) is 25.7 Å². The molecule has 2 amide bonds. The third-order valence-corrected chi connectivity index (χ3v) is 4.97. The molecule has 0 heterocycles. The van der Waals surface area contributed by atoms with Crippen LogP contribution in [-0.2, 0) is 14.4 Å². The van der Waals surface area contributed by atoms with Crippen molar-refractivity contribution < 1.29 is 19.5 Å². The molecule has 4 N–H and O–H groups in total. The Morgan fingerprint density at radius 1 is 0.571 bits per heavy atom. The number of carboxylic acid groups (broad SMARTS) is 1. The first kappa shape index (κ1) is 26.4. The summed E-state index contributed by atoms with van der Waals surface area (Å²) in [6.07, 6.45) is 18.4. The predicted molar refractivity (Wildman–Crippen MR) is 113 cm³/mol. The van der Waals surface area contributed by atoms with Gasteiger partial charge in [-0.2, -0.15) is 0 Å². The number of rotatable bonds is 21. The van der Waals surface area contributed by atoms with Gasteiger partial charge in [-0.1, -0.05) is 77.0 Å². The van der Waals surface area contributed by atoms with Gasteiger partial charge in [-0.25, -0.2) is 0 Å². The van der Waals surface area contributed by atoms with E-state index in [9.17, 15) is 14.4 Å². The Morgan fingerprint density at radius 2 is 0.964 bits per heavy atom. The molecule has 0 spiro atoms. The van der Waals surface area contributed by atoms with Gasteiger partial charge in [0.25, 0.3) is 0 Å². The maximum Gasteiger partial charge on any atom is 0.303 e. The highest BCUT2D eigenvalue weighted by Crippen LogP contribution is 2.13. The van der Waals surface area contributed by atoms with Crippen molar-refractivity contribution in [1.82, 2.24) is 5.32 Å². The molecule has 0 fully saturated rings. The summed E-state index contributed by atoms with van der Waals surface area (Å²) in [5.41, 5.74) is 5.05. The van der Waals surface area contributed by atoms with Crippen LogP contribution in [0.25, 0.3) is 0 Å². The summed E-state index contributed by atoms with van der Waals surface area (Å²) in [7, 11) is 0. The van der Waals surface area contributed by atoms with E-state index >= 15 is 0 Å². The molecular formula is C22H42N2O4. The van der Waals surface area contributed by atoms with Gasteiger partial charge in [0.05, 0.1) is 0 Å². The highest BCUT2D eigenvalue weighted by atomic mass is 16.4. The van der Waals surface area contributed by atoms with Crippen LogP contribution in [0.15, 0.2) is 0 Å². The Balaban J connectivity index is 3.14. The molecule has 0 saturated heterocycles. The first-order chi connectivity index (χ1) is 13.5. The summed E-state index contributed by atoms with van der Waals surface area (Å²) in [4.78, 5) is 32.6. The molecule has 28 heavy (non-hydrogen) atoms. The third-order valence-electron chi connectivity index (χ3n) is 4.97. The Morgan fingerprint density at radius 3 is 1.36 bits per heavy atom. The van der Waals surface area contributed by atoms with Crippen LogP contribution in [0.4, 0.5) is 0 Å². The van der Waals surface area contributed by atoms with Crippen LogP contribution in [0, 0.1) is 0 Å². The maximum absolute atomic E-state index is 11.6. The Bertz CT molecular complexity index is 413. The molecule has 0 unspecified atom stereocenters. The fourth-order valence-corrected chi connectivity index (χ4v) is 3.26. The molecule has 0 radical (unpaired) electrons. The van der Waals surface area contributed by atoms with E-state index in [1.54, 1.807) is 0 Å². The van der Waals surface area contributed by atoms with E-state index < -0.39 is 5.97 Å². The second kappa shape index (κ2) is 20.2. The van der Waals surface area contributed by atoms with E-state index in [1.807, 2.05) is 0 Å². The Labute approximate surface area is 171 Å². The molecule has 0 aliphatic heterocycles. The second-order valence-corrected chi connectivity index (χ2v) is 7.76. The number of hydrogen-bond acceptors (Lipinski definition) is 3. The van der Waals surface area contributed by atoms with Gasteiger partial charge in [0.2, 0.25) is 11.8 Å². The lowest BCUT2D eigenvalue weighted by Gasteiger charge is -2.05. The normalized spacial score (nSPS) is 10.7. The summed E-state index contributed by atoms with van der Waals surface area (Å²) < 4.78 is 0. The average Bonchev–Trinajstić information content (AvgIpc) is 2.64. The highest BCUT2D eigenvalue weighted by Gasteiger charge is 2.01. The Hall–Kier alpha value is -1.59. The number of aliphatic carboxylic acids is 1. The molecule has 0 aliphatic rings. The summed E-state index contributed by atoms with van der Waals surface area (Å²) in [6, 6.07) is 0. The summed E-state index contributed by atoms with van der Waals surface area (Å²) in [5, 5.41) is 11.4. The van der Waals surface area contributed by atoms with Crippen molar-refractivity contribution in [2.24, 2.45) is 5.73 Å². The number of amides is 2. The zero-order valence-electron chi connectivity index (χ0n) is 17.7. The second-order valence-electron chi connectivity index (χ2n) is 7.76. The molecule has 164 valence electrons. The van der Waals surface area contributed by atoms with Gasteiger partial charge in [0.1, 0.15) is 0 Å². The van der Waals surface area contributed by atoms with E-state index in [2.05, 4.69) is 5.32 Å². The molecule has 0 aliphatic carbocycles. The van der Waals surface area contributed by atoms with E-state index in [1.165, 1.54) is 64.2 Å². The number of carbonyl (C=O) groups excluding carboxylic acids is 2. The molecule has 0 bridgehead atoms. The van der Waals surface area contributed by atoms with Crippen molar-refractivity contribution in [3.05, 3.63) is 0 Å². The molecule has 6 heteroatoms. The first-order valence-corrected chi connectivity index (χ1v) is 11.3. The monoisotopic (exact) mass is 398 g/mol. The van der Waals surface area contributed by atoms with Crippen molar-refractivity contribution in [2.75, 3.05) is 6.54 Å². The molecule has 0 aromatic rings. The highest BCUT2D eigenvalue weighted by molar-refractivity contribution is 5.76. The number of carboxylic acids is 1. The minimum atomic E-state index is -0.681. The lowest BCUT2D eigenvalue weighted by atomic mass is 10.0. The van der Waals surface area contributed by atoms with Gasteiger partial charge in [-0.15, -0.1) is 0 Å². The van der Waals surface area contributed by atoms with Crippen molar-refractivity contribution >= 4 is 17.8 Å². The smallest absolute Gasteiger partial charge is 0.303 e. The van der Waals surface area contributed by atoms with Crippen LogP contribution >= 0.6 is 0 Å². The van der Waals surface area contributed by atoms with Crippen molar-refractivity contribution in [3.63, 3.8) is 0 Å². The number of nitrogens with two attached hydrogens (primary N) is 1. The number of unbranched alkanes of at least 4 members (excludes halogenated alkanes) is 13. The first-order valence-electron chi connectivity index (χ1n) is 11.3. The maximum atomic E-state index is 11.6. The third kappa shape index (κ3) is 22.5. The summed E-state index contributed by atoms with van der Waals surface area (Å²) in [6.45, 7) is 0.534. The Kier molecular flexibility index (Phi) is 19.0. The van der Waals surface area contributed by atoms with Gasteiger partial charge in [0, 0.05) is 25.8 Å². The van der Waals surface area contributed by atoms with Crippen LogP contribution in [0.5, 0.6) is 0 Å². The molecule has 0 aromatic heterocycles. The van der Waals surface area contributed by atoms with Gasteiger partial charge in [-0.3, -0.25) is 14.4 Å². The minimum absolute atomic E-state index is 0.0753. The largest absolute Gasteiger partial charge is 0.481 e. The zero-order valence-corrected chi connectivity index (χ0v) is 17.7. The van der Waals surface area contributed by atoms with E-state index in [-0.39, 0.29) is 11.8 Å². The topological polar surface area (TPSA) is 109 Å². The van der Waals surface area contributed by atoms with Gasteiger partial charge < -0.3 is 16.2 Å². The summed E-state index contributed by atoms with van der Waals surface area (Å²) in [5.74, 6) is -0.926. The van der Waals surface area contributed by atoms with Crippen LogP contribution in [0.2, 0.25) is 0 Å². The lowest BCUT2D eigenvalue weighted by molar-refractivity contribution is -0.137. The van der Waals surface area contributed by atoms with Crippen molar-refractivity contribution in [1.29, 1.82) is 0 Å². The zero-order chi connectivity index (χ0) is 20.9. The number of nitrogens with one attached hydrogen (secondary N) is 1. The minimum Gasteiger partial charge on any atom is -0.481 e. The molecule has 0 saturated carbocycles. The lowest BCUT2D eigenvalue weighted by Crippen LogP contribution is -2.25. The van der Waals surface area contributed by atoms with Crippen molar-refractivity contribution in [2.45, 2.75) is 116 Å². The molecule has 6 nitrogen and oxygen atoms in total. The fourth-order valence-electron chi connectivity index (χ4n) is 3.26. The van der Waals surface area contributed by atoms with Crippen LogP contribution in [0.1, 0.15) is 116 Å². The predicted octanol–water partition coefficient (Wildman–Crippen LogP) is 4.69. The fraction of sp³-hybridized carbons (Fsp3) is 0.864. The molecule has 0 atom stereocenters. The standard InChI is InChI=1S/C22H42N2O4/c23-20(25)16-15-19-24-21(26)17-13-11-9-7-5-3-1-2-4-6-8-10-12-14-18-22(27)28/h1-19H2,(H2,23,25)(H,24,26)(H,27,28). The van der Waals surface area contributed by atoms with Gasteiger partial charge in [-0.05, 0) is 19.3 Å². The number of hydrogen-bond donors (Lipinski definition) is 3.